The minimum atomic E-state index is 0.263. The van der Waals surface area contributed by atoms with Crippen molar-refractivity contribution < 1.29 is 0 Å². The molecule has 1 aliphatic carbocycles. The Labute approximate surface area is 170 Å². The van der Waals surface area contributed by atoms with Crippen molar-refractivity contribution in [2.75, 3.05) is 5.32 Å². The maximum atomic E-state index is 6.42. The van der Waals surface area contributed by atoms with Crippen LogP contribution in [0.5, 0.6) is 0 Å². The molecule has 2 heterocycles. The van der Waals surface area contributed by atoms with Gasteiger partial charge in [-0.3, -0.25) is 0 Å². The highest BCUT2D eigenvalue weighted by atomic mass is 35.5. The number of para-hydroxylation sites is 1. The molecular formula is C21H27ClN6. The number of fused-ring (bicyclic) bond motifs is 1. The molecule has 4 rings (SSSR count). The van der Waals surface area contributed by atoms with Crippen molar-refractivity contribution in [2.24, 2.45) is 5.73 Å². The Morgan fingerprint density at radius 3 is 2.68 bits per heavy atom. The van der Waals surface area contributed by atoms with Crippen molar-refractivity contribution in [1.82, 2.24) is 19.7 Å². The zero-order valence-electron chi connectivity index (χ0n) is 16.4. The minimum Gasteiger partial charge on any atom is -0.367 e. The molecule has 1 aliphatic rings. The molecule has 0 saturated heterocycles. The van der Waals surface area contributed by atoms with Gasteiger partial charge in [0.05, 0.1) is 22.3 Å². The van der Waals surface area contributed by atoms with Gasteiger partial charge in [0.25, 0.3) is 0 Å². The lowest BCUT2D eigenvalue weighted by Gasteiger charge is -2.27. The van der Waals surface area contributed by atoms with Gasteiger partial charge in [0.2, 0.25) is 0 Å². The van der Waals surface area contributed by atoms with Gasteiger partial charge >= 0.3 is 0 Å². The molecular weight excluding hydrogens is 372 g/mol. The summed E-state index contributed by atoms with van der Waals surface area (Å²) >= 11 is 6.42. The van der Waals surface area contributed by atoms with Crippen molar-refractivity contribution in [1.29, 1.82) is 0 Å². The van der Waals surface area contributed by atoms with Gasteiger partial charge in [-0.05, 0) is 44.2 Å². The van der Waals surface area contributed by atoms with Gasteiger partial charge in [0.15, 0.2) is 5.65 Å². The largest absolute Gasteiger partial charge is 0.367 e. The zero-order chi connectivity index (χ0) is 19.7. The summed E-state index contributed by atoms with van der Waals surface area (Å²) in [6, 6.07) is 8.39. The molecule has 0 radical (unpaired) electrons. The monoisotopic (exact) mass is 398 g/mol. The molecule has 0 spiro atoms. The number of hydrogen-bond acceptors (Lipinski definition) is 5. The molecule has 3 aromatic rings. The average molecular weight is 399 g/mol. The Hall–Kier alpha value is -2.18. The van der Waals surface area contributed by atoms with Gasteiger partial charge in [0.1, 0.15) is 11.6 Å². The molecule has 7 heteroatoms. The molecule has 2 aromatic heterocycles. The zero-order valence-corrected chi connectivity index (χ0v) is 17.2. The minimum absolute atomic E-state index is 0.263. The van der Waals surface area contributed by atoms with Crippen LogP contribution in [0, 0.1) is 0 Å². The van der Waals surface area contributed by atoms with Crippen LogP contribution < -0.4 is 11.1 Å². The lowest BCUT2D eigenvalue weighted by molar-refractivity contribution is 0.410. The maximum absolute atomic E-state index is 6.42. The van der Waals surface area contributed by atoms with Crippen LogP contribution in [0.25, 0.3) is 16.7 Å². The lowest BCUT2D eigenvalue weighted by Crippen LogP contribution is -2.33. The second-order valence-electron chi connectivity index (χ2n) is 7.74. The topological polar surface area (TPSA) is 81.6 Å². The van der Waals surface area contributed by atoms with E-state index in [1.165, 1.54) is 0 Å². The molecule has 6 nitrogen and oxygen atoms in total. The Morgan fingerprint density at radius 2 is 1.96 bits per heavy atom. The van der Waals surface area contributed by atoms with Crippen molar-refractivity contribution >= 4 is 28.5 Å². The van der Waals surface area contributed by atoms with Crippen molar-refractivity contribution in [3.8, 4) is 5.69 Å². The van der Waals surface area contributed by atoms with E-state index in [0.29, 0.717) is 17.1 Å². The van der Waals surface area contributed by atoms with E-state index < -0.39 is 0 Å². The van der Waals surface area contributed by atoms with Crippen LogP contribution in [0.2, 0.25) is 5.02 Å². The Balaban J connectivity index is 1.79. The molecule has 28 heavy (non-hydrogen) atoms. The van der Waals surface area contributed by atoms with Crippen LogP contribution in [0.3, 0.4) is 0 Å². The van der Waals surface area contributed by atoms with Crippen LogP contribution in [-0.2, 0) is 0 Å². The SMILES string of the molecule is CCC(C)c1nc(NC2CCC(N)CC2)c2cnn(-c3ccccc3Cl)c2n1. The molecule has 0 amide bonds. The number of hydrogen-bond donors (Lipinski definition) is 2. The summed E-state index contributed by atoms with van der Waals surface area (Å²) in [7, 11) is 0. The summed E-state index contributed by atoms with van der Waals surface area (Å²) < 4.78 is 1.81. The van der Waals surface area contributed by atoms with E-state index in [0.717, 1.165) is 60.5 Å². The fourth-order valence-corrected chi connectivity index (χ4v) is 3.91. The Kier molecular flexibility index (Phi) is 5.51. The van der Waals surface area contributed by atoms with Crippen LogP contribution in [0.15, 0.2) is 30.5 Å². The van der Waals surface area contributed by atoms with Crippen LogP contribution in [0.4, 0.5) is 5.82 Å². The van der Waals surface area contributed by atoms with Gasteiger partial charge < -0.3 is 11.1 Å². The predicted molar refractivity (Wildman–Crippen MR) is 114 cm³/mol. The number of halogens is 1. The van der Waals surface area contributed by atoms with Gasteiger partial charge in [-0.2, -0.15) is 5.10 Å². The highest BCUT2D eigenvalue weighted by Gasteiger charge is 2.22. The third-order valence-corrected chi connectivity index (χ3v) is 6.01. The predicted octanol–water partition coefficient (Wildman–Crippen LogP) is 4.66. The molecule has 1 unspecified atom stereocenters. The van der Waals surface area contributed by atoms with Crippen molar-refractivity contribution in [2.45, 2.75) is 64.0 Å². The first-order valence-corrected chi connectivity index (χ1v) is 10.5. The fourth-order valence-electron chi connectivity index (χ4n) is 3.69. The van der Waals surface area contributed by atoms with E-state index in [2.05, 4.69) is 24.3 Å². The normalized spacial score (nSPS) is 21.0. The smallest absolute Gasteiger partial charge is 0.168 e. The maximum Gasteiger partial charge on any atom is 0.168 e. The lowest BCUT2D eigenvalue weighted by atomic mass is 9.92. The average Bonchev–Trinajstić information content (AvgIpc) is 3.13. The van der Waals surface area contributed by atoms with E-state index in [1.807, 2.05) is 35.1 Å². The van der Waals surface area contributed by atoms with E-state index in [9.17, 15) is 0 Å². The van der Waals surface area contributed by atoms with Crippen LogP contribution in [0.1, 0.15) is 57.7 Å². The first kappa shape index (κ1) is 19.2. The third-order valence-electron chi connectivity index (χ3n) is 5.69. The number of nitrogens with one attached hydrogen (secondary N) is 1. The number of nitrogens with two attached hydrogens (primary N) is 1. The Bertz CT molecular complexity index is 961. The highest BCUT2D eigenvalue weighted by molar-refractivity contribution is 6.32. The number of benzene rings is 1. The number of anilines is 1. The van der Waals surface area contributed by atoms with Crippen molar-refractivity contribution in [3.05, 3.63) is 41.3 Å². The second-order valence-corrected chi connectivity index (χ2v) is 8.15. The van der Waals surface area contributed by atoms with Gasteiger partial charge in [-0.25, -0.2) is 14.6 Å². The van der Waals surface area contributed by atoms with Crippen molar-refractivity contribution in [3.63, 3.8) is 0 Å². The summed E-state index contributed by atoms with van der Waals surface area (Å²) in [5.41, 5.74) is 7.67. The van der Waals surface area contributed by atoms with Gasteiger partial charge in [-0.15, -0.1) is 0 Å². The Morgan fingerprint density at radius 1 is 1.21 bits per heavy atom. The molecule has 1 saturated carbocycles. The first-order chi connectivity index (χ1) is 13.6. The second kappa shape index (κ2) is 8.05. The molecule has 1 atom stereocenters. The summed E-state index contributed by atoms with van der Waals surface area (Å²) in [5.74, 6) is 1.96. The number of aromatic nitrogens is 4. The molecule has 148 valence electrons. The quantitative estimate of drug-likeness (QED) is 0.652. The molecule has 1 aromatic carbocycles. The van der Waals surface area contributed by atoms with Crippen LogP contribution >= 0.6 is 11.6 Å². The van der Waals surface area contributed by atoms with E-state index in [4.69, 9.17) is 27.3 Å². The van der Waals surface area contributed by atoms with Crippen LogP contribution in [-0.4, -0.2) is 31.8 Å². The van der Waals surface area contributed by atoms with E-state index in [-0.39, 0.29) is 5.92 Å². The van der Waals surface area contributed by atoms with E-state index in [1.54, 1.807) is 0 Å². The third kappa shape index (κ3) is 3.71. The molecule has 0 bridgehead atoms. The highest BCUT2D eigenvalue weighted by Crippen LogP contribution is 2.30. The molecule has 1 fully saturated rings. The first-order valence-electron chi connectivity index (χ1n) is 10.1. The van der Waals surface area contributed by atoms with Gasteiger partial charge in [-0.1, -0.05) is 37.6 Å². The number of rotatable bonds is 5. The summed E-state index contributed by atoms with van der Waals surface area (Å²) in [6.45, 7) is 4.31. The van der Waals surface area contributed by atoms with E-state index >= 15 is 0 Å². The molecule has 0 aliphatic heterocycles. The standard InChI is InChI=1S/C21H27ClN6/c1-3-13(2)19-26-20(25-15-10-8-14(23)9-11-15)16-12-24-28(21(16)27-19)18-7-5-4-6-17(18)22/h4-7,12-15H,3,8-11,23H2,1-2H3,(H,25,26,27). The summed E-state index contributed by atoms with van der Waals surface area (Å²) in [6.07, 6.45) is 7.01. The summed E-state index contributed by atoms with van der Waals surface area (Å²) in [5, 5.41) is 9.80. The summed E-state index contributed by atoms with van der Waals surface area (Å²) in [4.78, 5) is 9.73. The number of nitrogens with zero attached hydrogens (tertiary/aromatic N) is 4. The van der Waals surface area contributed by atoms with Gasteiger partial charge in [0, 0.05) is 18.0 Å². The fraction of sp³-hybridized carbons (Fsp3) is 0.476. The molecule has 3 N–H and O–H groups in total.